The van der Waals surface area contributed by atoms with E-state index in [9.17, 15) is 0 Å². The Kier molecular flexibility index (Phi) is 6.30. The predicted molar refractivity (Wildman–Crippen MR) is 275 cm³/mol. The van der Waals surface area contributed by atoms with Crippen LogP contribution in [0.3, 0.4) is 0 Å². The first-order valence-corrected chi connectivity index (χ1v) is 22.8. The molecule has 0 atom stereocenters. The van der Waals surface area contributed by atoms with E-state index in [-0.39, 0.29) is 0 Å². The lowest BCUT2D eigenvalue weighted by molar-refractivity contribution is 1.07. The summed E-state index contributed by atoms with van der Waals surface area (Å²) in [6, 6.07) is 53.4. The smallest absolute Gasteiger partial charge is 0.0996 e. The van der Waals surface area contributed by atoms with E-state index in [0.29, 0.717) is 0 Å². The van der Waals surface area contributed by atoms with Crippen LogP contribution in [-0.2, 0) is 6.42 Å². The number of rotatable bonds is 0. The highest BCUT2D eigenvalue weighted by atomic mass is 14.9. The van der Waals surface area contributed by atoms with Crippen molar-refractivity contribution in [2.45, 2.75) is 6.42 Å². The second kappa shape index (κ2) is 12.3. The topological polar surface area (TPSA) is 138 Å². The van der Waals surface area contributed by atoms with Gasteiger partial charge in [0.25, 0.3) is 0 Å². The summed E-state index contributed by atoms with van der Waals surface area (Å²) in [7, 11) is 0. The first kappa shape index (κ1) is 34.9. The fraction of sp³-hybridized carbons (Fsp3) is 0.0172. The number of aromatic nitrogens is 10. The number of fused-ring (bicyclic) bond motifs is 18. The van der Waals surface area contributed by atoms with E-state index in [4.69, 9.17) is 34.9 Å². The molecule has 0 unspecified atom stereocenters. The second-order valence-electron chi connectivity index (χ2n) is 18.4. The van der Waals surface area contributed by atoms with Crippen LogP contribution in [-0.4, -0.2) is 49.8 Å². The molecule has 10 aromatic heterocycles. The quantitative estimate of drug-likeness (QED) is 0.102. The molecule has 0 spiro atoms. The van der Waals surface area contributed by atoms with Crippen molar-refractivity contribution in [3.05, 3.63) is 163 Å². The van der Waals surface area contributed by atoms with Crippen LogP contribution in [0.5, 0.6) is 0 Å². The normalized spacial score (nSPS) is 12.9. The van der Waals surface area contributed by atoms with Crippen molar-refractivity contribution < 1.29 is 0 Å². The molecule has 1 aliphatic rings. The van der Waals surface area contributed by atoms with E-state index < -0.39 is 0 Å². The van der Waals surface area contributed by atoms with Crippen molar-refractivity contribution in [2.75, 3.05) is 0 Å². The molecule has 0 fully saturated rings. The molecule has 312 valence electrons. The van der Waals surface area contributed by atoms with Crippen LogP contribution < -0.4 is 0 Å². The van der Waals surface area contributed by atoms with E-state index in [0.717, 1.165) is 182 Å². The molecule has 10 nitrogen and oxygen atoms in total. The lowest BCUT2D eigenvalue weighted by atomic mass is 10.0. The van der Waals surface area contributed by atoms with E-state index in [2.05, 4.69) is 167 Å². The molecule has 0 aliphatic carbocycles. The molecule has 0 saturated carbocycles. The second-order valence-corrected chi connectivity index (χ2v) is 18.4. The minimum atomic E-state index is 0.736. The Labute approximate surface area is 382 Å². The van der Waals surface area contributed by atoms with E-state index in [1.165, 1.54) is 0 Å². The van der Waals surface area contributed by atoms with Crippen molar-refractivity contribution in [3.63, 3.8) is 0 Å². The van der Waals surface area contributed by atoms with Gasteiger partial charge in [0.15, 0.2) is 0 Å². The van der Waals surface area contributed by atoms with Crippen LogP contribution in [0.1, 0.15) is 11.4 Å². The van der Waals surface area contributed by atoms with Crippen LogP contribution in [0, 0.1) is 0 Å². The first-order chi connectivity index (χ1) is 33.6. The van der Waals surface area contributed by atoms with Crippen LogP contribution in [0.25, 0.3) is 165 Å². The van der Waals surface area contributed by atoms with Gasteiger partial charge in [-0.15, -0.1) is 0 Å². The number of aromatic amines is 3. The van der Waals surface area contributed by atoms with Gasteiger partial charge in [0.1, 0.15) is 0 Å². The molecule has 3 N–H and O–H groups in total. The summed E-state index contributed by atoms with van der Waals surface area (Å²) in [6.07, 6.45) is 0.736. The molecular formula is C58H30N10. The van der Waals surface area contributed by atoms with Crippen molar-refractivity contribution in [2.24, 2.45) is 0 Å². The summed E-state index contributed by atoms with van der Waals surface area (Å²) >= 11 is 0. The highest BCUT2D eigenvalue weighted by Gasteiger charge is 2.22. The summed E-state index contributed by atoms with van der Waals surface area (Å²) < 4.78 is 0. The van der Waals surface area contributed by atoms with Gasteiger partial charge < -0.3 is 15.0 Å². The third-order valence-corrected chi connectivity index (χ3v) is 14.4. The minimum absolute atomic E-state index is 0.736. The number of hydrogen-bond acceptors (Lipinski definition) is 7. The van der Waals surface area contributed by atoms with Crippen LogP contribution >= 0.6 is 0 Å². The van der Waals surface area contributed by atoms with Crippen molar-refractivity contribution in [1.82, 2.24) is 49.8 Å². The van der Waals surface area contributed by atoms with Gasteiger partial charge in [-0.25, -0.2) is 34.9 Å². The molecule has 11 heterocycles. The number of nitrogens with one attached hydrogen (secondary N) is 3. The van der Waals surface area contributed by atoms with E-state index >= 15 is 0 Å². The predicted octanol–water partition coefficient (Wildman–Crippen LogP) is 13.7. The zero-order valence-corrected chi connectivity index (χ0v) is 35.8. The molecule has 68 heavy (non-hydrogen) atoms. The summed E-state index contributed by atoms with van der Waals surface area (Å²) in [4.78, 5) is 49.8. The molecule has 0 saturated heterocycles. The number of nitrogens with zero attached hydrogens (tertiary/aromatic N) is 7. The highest BCUT2D eigenvalue weighted by molar-refractivity contribution is 6.27. The lowest BCUT2D eigenvalue weighted by Gasteiger charge is -2.14. The highest BCUT2D eigenvalue weighted by Crippen LogP contribution is 2.41. The molecule has 6 aromatic carbocycles. The number of H-pyrrole nitrogens is 3. The van der Waals surface area contributed by atoms with Crippen LogP contribution in [0.2, 0.25) is 0 Å². The average molecular weight is 867 g/mol. The zero-order valence-electron chi connectivity index (χ0n) is 35.8. The third kappa shape index (κ3) is 4.62. The molecule has 16 aromatic rings. The SMILES string of the molecule is c1cc2c3[nH]c(cc3c1)Cc1cc3cccc(c3[nH]1)-c1ccc3c(n1)c1nc-2ccc1c1nc2c4ccc5nc4c4nc(ccc4c2nc31)c1cccc2cc(cc3cc4cccc5c4n3)[nH]c21. The fourth-order valence-corrected chi connectivity index (χ4v) is 11.4. The van der Waals surface area contributed by atoms with Gasteiger partial charge in [-0.3, -0.25) is 0 Å². The third-order valence-electron chi connectivity index (χ3n) is 14.4. The van der Waals surface area contributed by atoms with Gasteiger partial charge in [0.2, 0.25) is 0 Å². The van der Waals surface area contributed by atoms with Crippen molar-refractivity contribution in [3.8, 4) is 22.5 Å². The van der Waals surface area contributed by atoms with E-state index in [1.807, 2.05) is 0 Å². The van der Waals surface area contributed by atoms with Gasteiger partial charge in [0, 0.05) is 88.3 Å². The van der Waals surface area contributed by atoms with Crippen LogP contribution in [0.4, 0.5) is 0 Å². The summed E-state index contributed by atoms with van der Waals surface area (Å²) in [6.45, 7) is 0. The average Bonchev–Trinajstić information content (AvgIpc) is 4.19. The zero-order chi connectivity index (χ0) is 43.9. The number of pyridine rings is 4. The molecule has 10 heteroatoms. The molecule has 0 radical (unpaired) electrons. The number of benzene rings is 6. The van der Waals surface area contributed by atoms with Gasteiger partial charge in [0.05, 0.1) is 94.1 Å². The van der Waals surface area contributed by atoms with Crippen LogP contribution in [0.15, 0.2) is 152 Å². The first-order valence-electron chi connectivity index (χ1n) is 22.8. The lowest BCUT2D eigenvalue weighted by Crippen LogP contribution is -1.98. The van der Waals surface area contributed by atoms with E-state index in [1.54, 1.807) is 0 Å². The van der Waals surface area contributed by atoms with Crippen molar-refractivity contribution >= 4 is 142 Å². The summed E-state index contributed by atoms with van der Waals surface area (Å²) in [5, 5.41) is 9.87. The maximum Gasteiger partial charge on any atom is 0.0996 e. The molecular weight excluding hydrogens is 837 g/mol. The fourth-order valence-electron chi connectivity index (χ4n) is 11.4. The monoisotopic (exact) mass is 866 g/mol. The maximum atomic E-state index is 5.66. The summed E-state index contributed by atoms with van der Waals surface area (Å²) in [5.74, 6) is 0. The number of hydrogen-bond donors (Lipinski definition) is 3. The molecule has 16 bridgehead atoms. The molecule has 17 rings (SSSR count). The van der Waals surface area contributed by atoms with Gasteiger partial charge >= 0.3 is 0 Å². The number of para-hydroxylation sites is 4. The van der Waals surface area contributed by atoms with Gasteiger partial charge in [-0.1, -0.05) is 72.8 Å². The standard InChI is InChI=1S/C58H30N10/c1-5-27-21-31-25-32-22-28-6-2-10-36(48(28)60-32)44-18-14-40-52(64-44)51-39(13-17-43(63-51)35(9-1)47(27)59-31)55-56(40)68-58-42-16-20-46-38-12-4-8-30-24-34(62-50(30)38)26-33-23-29-7-3-11-37(49(29)61-33)45-19-15-41(57(58)67-55)53(65-45)54(42)66-46/h1-25,59,61-62H,26H2. The largest absolute Gasteiger partial charge is 0.358 e. The Bertz CT molecular complexity index is 4710. The van der Waals surface area contributed by atoms with Gasteiger partial charge in [-0.2, -0.15) is 0 Å². The Morgan fingerprint density at radius 3 is 1.40 bits per heavy atom. The van der Waals surface area contributed by atoms with Crippen molar-refractivity contribution in [1.29, 1.82) is 0 Å². The molecule has 1 aliphatic heterocycles. The Hall–Kier alpha value is -9.41. The summed E-state index contributed by atoms with van der Waals surface area (Å²) in [5.41, 5.74) is 19.6. The molecule has 0 amide bonds. The Morgan fingerprint density at radius 2 is 0.794 bits per heavy atom. The maximum absolute atomic E-state index is 5.66. The minimum Gasteiger partial charge on any atom is -0.358 e. The Balaban J connectivity index is 1.04. The van der Waals surface area contributed by atoms with Gasteiger partial charge in [-0.05, 0) is 78.9 Å². The Morgan fingerprint density at radius 1 is 0.309 bits per heavy atom.